The summed E-state index contributed by atoms with van der Waals surface area (Å²) in [6, 6.07) is 3.53. The van der Waals surface area contributed by atoms with Crippen LogP contribution in [0.25, 0.3) is 10.6 Å². The van der Waals surface area contributed by atoms with Crippen LogP contribution >= 0.6 is 23.1 Å². The quantitative estimate of drug-likeness (QED) is 0.287. The van der Waals surface area contributed by atoms with Crippen molar-refractivity contribution in [2.24, 2.45) is 0 Å². The normalized spacial score (nSPS) is 12.5. The molecule has 7 heteroatoms. The molecule has 1 heterocycles. The van der Waals surface area contributed by atoms with Crippen LogP contribution in [-0.2, 0) is 10.8 Å². The molecule has 2 rings (SSSR count). The molecular weight excluding hydrogens is 412 g/mol. The van der Waals surface area contributed by atoms with Gasteiger partial charge in [0.1, 0.15) is 16.6 Å². The van der Waals surface area contributed by atoms with Gasteiger partial charge in [0.2, 0.25) is 0 Å². The van der Waals surface area contributed by atoms with Crippen LogP contribution in [-0.4, -0.2) is 31.4 Å². The molecule has 2 aromatic rings. The van der Waals surface area contributed by atoms with Gasteiger partial charge >= 0.3 is 0 Å². The Labute approximate surface area is 177 Å². The highest BCUT2D eigenvalue weighted by atomic mass is 32.2. The second-order valence-electron chi connectivity index (χ2n) is 8.48. The number of rotatable bonds is 10. The summed E-state index contributed by atoms with van der Waals surface area (Å²) in [7, 11) is -1.62. The summed E-state index contributed by atoms with van der Waals surface area (Å²) < 4.78 is 32.9. The largest absolute Gasteiger partial charge is 0.417 e. The minimum absolute atomic E-state index is 0.269. The topological polar surface area (TPSA) is 22.1 Å². The van der Waals surface area contributed by atoms with Crippen molar-refractivity contribution < 1.29 is 13.2 Å². The molecule has 0 saturated carbocycles. The highest BCUT2D eigenvalue weighted by Crippen LogP contribution is 2.36. The zero-order valence-electron chi connectivity index (χ0n) is 17.5. The fraction of sp³-hybridized carbons (Fsp3) is 0.571. The van der Waals surface area contributed by atoms with Crippen LogP contribution in [0.1, 0.15) is 39.3 Å². The highest BCUT2D eigenvalue weighted by molar-refractivity contribution is 7.99. The standard InChI is InChI=1S/C21H31F2NOS2Si/c1-21(2,3)28(4,5)25-9-6-7-10-26-11-8-19-15-27-20(24-19)16-12-17(22)14-18(23)13-16/h12-15H,6-11H2,1-5H3. The first kappa shape index (κ1) is 23.5. The van der Waals surface area contributed by atoms with Gasteiger partial charge in [-0.05, 0) is 61.0 Å². The van der Waals surface area contributed by atoms with E-state index in [1.165, 1.54) is 23.5 Å². The Hall–Kier alpha value is -0.763. The van der Waals surface area contributed by atoms with Crippen LogP contribution in [0.3, 0.4) is 0 Å². The van der Waals surface area contributed by atoms with Gasteiger partial charge in [0.05, 0.1) is 5.69 Å². The second-order valence-corrected chi connectivity index (χ2v) is 15.4. The predicted octanol–water partition coefficient (Wildman–Crippen LogP) is 7.17. The van der Waals surface area contributed by atoms with Crippen LogP contribution in [0.2, 0.25) is 18.1 Å². The number of aryl methyl sites for hydroxylation is 1. The van der Waals surface area contributed by atoms with Gasteiger partial charge < -0.3 is 4.43 Å². The number of thioether (sulfide) groups is 1. The molecule has 0 unspecified atom stereocenters. The Bertz CT molecular complexity index is 739. The maximum absolute atomic E-state index is 13.3. The summed E-state index contributed by atoms with van der Waals surface area (Å²) >= 11 is 3.35. The first-order valence-corrected chi connectivity index (χ1v) is 14.7. The van der Waals surface area contributed by atoms with Gasteiger partial charge in [-0.25, -0.2) is 13.8 Å². The monoisotopic (exact) mass is 443 g/mol. The van der Waals surface area contributed by atoms with Gasteiger partial charge in [-0.15, -0.1) is 11.3 Å². The lowest BCUT2D eigenvalue weighted by Crippen LogP contribution is -2.40. The van der Waals surface area contributed by atoms with E-state index >= 15 is 0 Å². The molecule has 0 atom stereocenters. The van der Waals surface area contributed by atoms with Crippen molar-refractivity contribution in [1.82, 2.24) is 4.98 Å². The van der Waals surface area contributed by atoms with E-state index in [-0.39, 0.29) is 5.04 Å². The van der Waals surface area contributed by atoms with E-state index in [0.717, 1.165) is 49.1 Å². The number of nitrogens with zero attached hydrogens (tertiary/aromatic N) is 1. The summed E-state index contributed by atoms with van der Waals surface area (Å²) in [6.45, 7) is 12.2. The third-order valence-electron chi connectivity index (χ3n) is 5.12. The third kappa shape index (κ3) is 7.24. The summed E-state index contributed by atoms with van der Waals surface area (Å²) in [5.74, 6) is 0.983. The van der Waals surface area contributed by atoms with E-state index in [1.807, 2.05) is 17.1 Å². The summed E-state index contributed by atoms with van der Waals surface area (Å²) in [5, 5.41) is 2.91. The Balaban J connectivity index is 1.64. The summed E-state index contributed by atoms with van der Waals surface area (Å²) in [6.07, 6.45) is 3.13. The van der Waals surface area contributed by atoms with Gasteiger partial charge in [-0.2, -0.15) is 11.8 Å². The van der Waals surface area contributed by atoms with Crippen LogP contribution in [0.5, 0.6) is 0 Å². The number of unbranched alkanes of at least 4 members (excludes halogenated alkanes) is 1. The number of thiazole rings is 1. The number of halogens is 2. The van der Waals surface area contributed by atoms with E-state index in [9.17, 15) is 8.78 Å². The summed E-state index contributed by atoms with van der Waals surface area (Å²) in [4.78, 5) is 4.52. The minimum Gasteiger partial charge on any atom is -0.417 e. The van der Waals surface area contributed by atoms with E-state index in [0.29, 0.717) is 10.6 Å². The van der Waals surface area contributed by atoms with Gasteiger partial charge in [0, 0.05) is 23.6 Å². The molecular formula is C21H31F2NOS2Si. The maximum atomic E-state index is 13.3. The lowest BCUT2D eigenvalue weighted by Gasteiger charge is -2.36. The van der Waals surface area contributed by atoms with Crippen molar-refractivity contribution in [2.75, 3.05) is 18.1 Å². The number of aromatic nitrogens is 1. The number of benzene rings is 1. The lowest BCUT2D eigenvalue weighted by atomic mass is 10.2. The molecule has 0 saturated heterocycles. The average Bonchev–Trinajstić information content (AvgIpc) is 3.04. The van der Waals surface area contributed by atoms with E-state index < -0.39 is 20.0 Å². The molecule has 0 aliphatic rings. The molecule has 0 N–H and O–H groups in total. The number of hydrogen-bond acceptors (Lipinski definition) is 4. The minimum atomic E-state index is -1.62. The molecule has 0 amide bonds. The molecule has 156 valence electrons. The fourth-order valence-corrected chi connectivity index (χ4v) is 5.26. The van der Waals surface area contributed by atoms with Crippen molar-refractivity contribution in [2.45, 2.75) is 58.2 Å². The van der Waals surface area contributed by atoms with Crippen LogP contribution in [0.15, 0.2) is 23.6 Å². The summed E-state index contributed by atoms with van der Waals surface area (Å²) in [5.41, 5.74) is 1.49. The molecule has 1 aromatic carbocycles. The zero-order valence-corrected chi connectivity index (χ0v) is 20.1. The van der Waals surface area contributed by atoms with Crippen molar-refractivity contribution in [3.8, 4) is 10.6 Å². The first-order valence-electron chi connectivity index (χ1n) is 9.71. The molecule has 0 aliphatic heterocycles. The lowest BCUT2D eigenvalue weighted by molar-refractivity contribution is 0.281. The SMILES string of the molecule is CC(C)(C)[Si](C)(C)OCCCCSCCc1csc(-c2cc(F)cc(F)c2)n1. The van der Waals surface area contributed by atoms with Crippen LogP contribution in [0, 0.1) is 11.6 Å². The number of hydrogen-bond donors (Lipinski definition) is 0. The predicted molar refractivity (Wildman–Crippen MR) is 121 cm³/mol. The van der Waals surface area contributed by atoms with Gasteiger partial charge in [0.25, 0.3) is 0 Å². The highest BCUT2D eigenvalue weighted by Gasteiger charge is 2.36. The zero-order chi connectivity index (χ0) is 20.8. The maximum Gasteiger partial charge on any atom is 0.191 e. The van der Waals surface area contributed by atoms with Gasteiger partial charge in [-0.1, -0.05) is 20.8 Å². The first-order chi connectivity index (χ1) is 13.1. The van der Waals surface area contributed by atoms with Crippen LogP contribution in [0.4, 0.5) is 8.78 Å². The molecule has 2 nitrogen and oxygen atoms in total. The molecule has 0 aliphatic carbocycles. The molecule has 0 fully saturated rings. The fourth-order valence-electron chi connectivity index (χ4n) is 2.36. The van der Waals surface area contributed by atoms with Crippen molar-refractivity contribution in [3.63, 3.8) is 0 Å². The van der Waals surface area contributed by atoms with E-state index in [1.54, 1.807) is 0 Å². The smallest absolute Gasteiger partial charge is 0.191 e. The van der Waals surface area contributed by atoms with Gasteiger partial charge in [-0.3, -0.25) is 0 Å². The van der Waals surface area contributed by atoms with E-state index in [2.05, 4.69) is 38.8 Å². The molecule has 1 aromatic heterocycles. The third-order valence-corrected chi connectivity index (χ3v) is 11.7. The van der Waals surface area contributed by atoms with Crippen molar-refractivity contribution in [3.05, 3.63) is 40.9 Å². The Kier molecular flexibility index (Phi) is 8.67. The van der Waals surface area contributed by atoms with Crippen molar-refractivity contribution in [1.29, 1.82) is 0 Å². The molecule has 0 spiro atoms. The molecule has 0 bridgehead atoms. The Morgan fingerprint density at radius 3 is 2.39 bits per heavy atom. The average molecular weight is 444 g/mol. The van der Waals surface area contributed by atoms with Gasteiger partial charge in [0.15, 0.2) is 8.32 Å². The van der Waals surface area contributed by atoms with Crippen molar-refractivity contribution >= 4 is 31.4 Å². The van der Waals surface area contributed by atoms with E-state index in [4.69, 9.17) is 4.43 Å². The Morgan fingerprint density at radius 1 is 1.07 bits per heavy atom. The Morgan fingerprint density at radius 2 is 1.75 bits per heavy atom. The second kappa shape index (κ2) is 10.3. The van der Waals surface area contributed by atoms with Crippen LogP contribution < -0.4 is 0 Å². The molecule has 28 heavy (non-hydrogen) atoms. The molecule has 0 radical (unpaired) electrons.